The molecule has 0 unspecified atom stereocenters. The van der Waals surface area contributed by atoms with Gasteiger partial charge in [0.15, 0.2) is 0 Å². The van der Waals surface area contributed by atoms with Gasteiger partial charge in [-0.1, -0.05) is 48.7 Å². The van der Waals surface area contributed by atoms with E-state index in [4.69, 9.17) is 11.6 Å². The number of aryl methyl sites for hydroxylation is 1. The van der Waals surface area contributed by atoms with Crippen LogP contribution in [0.1, 0.15) is 43.2 Å². The van der Waals surface area contributed by atoms with Gasteiger partial charge in [-0.05, 0) is 42.4 Å². The average molecular weight is 325 g/mol. The Labute approximate surface area is 138 Å². The van der Waals surface area contributed by atoms with Crippen LogP contribution in [0.15, 0.2) is 34.9 Å². The fourth-order valence-corrected chi connectivity index (χ4v) is 3.27. The molecule has 1 aliphatic heterocycles. The van der Waals surface area contributed by atoms with E-state index in [1.54, 1.807) is 0 Å². The van der Waals surface area contributed by atoms with Crippen molar-refractivity contribution in [1.82, 2.24) is 5.01 Å². The largest absolute Gasteiger partial charge is 0.297 e. The van der Waals surface area contributed by atoms with Gasteiger partial charge in [0.25, 0.3) is 0 Å². The van der Waals surface area contributed by atoms with Crippen LogP contribution in [0.4, 0.5) is 0 Å². The van der Waals surface area contributed by atoms with Gasteiger partial charge in [0.1, 0.15) is 0 Å². The van der Waals surface area contributed by atoms with Gasteiger partial charge >= 0.3 is 0 Å². The van der Waals surface area contributed by atoms with Crippen LogP contribution in [0, 0.1) is 0 Å². The number of rotatable bonds is 2. The van der Waals surface area contributed by atoms with Crippen LogP contribution in [-0.4, -0.2) is 24.3 Å². The van der Waals surface area contributed by atoms with Gasteiger partial charge in [0, 0.05) is 13.1 Å². The maximum Gasteiger partial charge on any atom is 0.0529 e. The Morgan fingerprint density at radius 1 is 1.00 bits per heavy atom. The van der Waals surface area contributed by atoms with E-state index < -0.39 is 0 Å². The van der Waals surface area contributed by atoms with E-state index in [0.717, 1.165) is 31.0 Å². The summed E-state index contributed by atoms with van der Waals surface area (Å²) in [7, 11) is 0. The molecule has 0 aromatic heterocycles. The first-order chi connectivity index (χ1) is 9.84. The summed E-state index contributed by atoms with van der Waals surface area (Å²) in [6, 6.07) is 8.41. The molecule has 0 amide bonds. The van der Waals surface area contributed by atoms with Gasteiger partial charge in [0.05, 0.1) is 11.2 Å². The fraction of sp³-hybridized carbons (Fsp3) is 0.471. The molecule has 1 fully saturated rings. The van der Waals surface area contributed by atoms with Gasteiger partial charge in [-0.3, -0.25) is 5.01 Å². The van der Waals surface area contributed by atoms with Gasteiger partial charge in [-0.25, -0.2) is 0 Å². The third-order valence-electron chi connectivity index (χ3n) is 4.16. The maximum absolute atomic E-state index is 6.53. The van der Waals surface area contributed by atoms with Gasteiger partial charge in [-0.15, -0.1) is 12.4 Å². The van der Waals surface area contributed by atoms with Crippen LogP contribution in [-0.2, 0) is 6.42 Å². The molecule has 2 aliphatic rings. The number of hydrogen-bond donors (Lipinski definition) is 0. The quantitative estimate of drug-likeness (QED) is 0.709. The Bertz CT molecular complexity index is 529. The van der Waals surface area contributed by atoms with Crippen LogP contribution in [0.25, 0.3) is 5.03 Å². The molecule has 1 aromatic rings. The third-order valence-corrected chi connectivity index (χ3v) is 4.61. The molecular weight excluding hydrogens is 303 g/mol. The SMILES string of the molecule is Cl.ClC1=C(/C=N/N2CCCCCC2)CCc2ccccc21. The van der Waals surface area contributed by atoms with Crippen molar-refractivity contribution in [3.8, 4) is 0 Å². The smallest absolute Gasteiger partial charge is 0.0529 e. The van der Waals surface area contributed by atoms with E-state index in [1.165, 1.54) is 42.4 Å². The molecule has 114 valence electrons. The minimum absolute atomic E-state index is 0. The molecule has 21 heavy (non-hydrogen) atoms. The summed E-state index contributed by atoms with van der Waals surface area (Å²) < 4.78 is 0. The molecule has 0 saturated carbocycles. The number of hydrogen-bond acceptors (Lipinski definition) is 2. The predicted octanol–water partition coefficient (Wildman–Crippen LogP) is 4.87. The molecule has 0 atom stereocenters. The number of benzene rings is 1. The summed E-state index contributed by atoms with van der Waals surface area (Å²) in [6.07, 6.45) is 9.23. The predicted molar refractivity (Wildman–Crippen MR) is 93.3 cm³/mol. The van der Waals surface area contributed by atoms with E-state index >= 15 is 0 Å². The zero-order chi connectivity index (χ0) is 13.8. The van der Waals surface area contributed by atoms with Crippen molar-refractivity contribution >= 4 is 35.3 Å². The van der Waals surface area contributed by atoms with Crippen molar-refractivity contribution in [3.63, 3.8) is 0 Å². The summed E-state index contributed by atoms with van der Waals surface area (Å²) in [5.41, 5.74) is 3.71. The lowest BCUT2D eigenvalue weighted by Crippen LogP contribution is -2.18. The molecule has 1 aliphatic carbocycles. The standard InChI is InChI=1S/C17H21ClN2.ClH/c18-17-15(10-9-14-7-3-4-8-16(14)17)13-19-20-11-5-1-2-6-12-20;/h3-4,7-8,13H,1-2,5-6,9-12H2;1H/b19-13+;. The maximum atomic E-state index is 6.53. The Hall–Kier alpha value is -0.990. The first-order valence-electron chi connectivity index (χ1n) is 7.60. The highest BCUT2D eigenvalue weighted by Crippen LogP contribution is 2.33. The summed E-state index contributed by atoms with van der Waals surface area (Å²) in [6.45, 7) is 2.16. The zero-order valence-corrected chi connectivity index (χ0v) is 13.8. The summed E-state index contributed by atoms with van der Waals surface area (Å²) in [5.74, 6) is 0. The Balaban J connectivity index is 0.00000161. The van der Waals surface area contributed by atoms with Crippen LogP contribution in [0.2, 0.25) is 0 Å². The molecule has 0 radical (unpaired) electrons. The van der Waals surface area contributed by atoms with Crippen LogP contribution < -0.4 is 0 Å². The molecule has 4 heteroatoms. The Morgan fingerprint density at radius 3 is 2.48 bits per heavy atom. The third kappa shape index (κ3) is 4.02. The highest BCUT2D eigenvalue weighted by atomic mass is 35.5. The number of halogens is 2. The fourth-order valence-electron chi connectivity index (χ4n) is 2.95. The number of hydrazone groups is 1. The van der Waals surface area contributed by atoms with Gasteiger partial charge < -0.3 is 0 Å². The topological polar surface area (TPSA) is 15.6 Å². The second kappa shape index (κ2) is 7.86. The van der Waals surface area contributed by atoms with Crippen LogP contribution in [0.5, 0.6) is 0 Å². The number of fused-ring (bicyclic) bond motifs is 1. The molecule has 0 N–H and O–H groups in total. The zero-order valence-electron chi connectivity index (χ0n) is 12.2. The van der Waals surface area contributed by atoms with E-state index in [9.17, 15) is 0 Å². The molecule has 0 spiro atoms. The number of allylic oxidation sites excluding steroid dienone is 1. The second-order valence-electron chi connectivity index (χ2n) is 5.61. The molecule has 1 aromatic carbocycles. The molecule has 1 saturated heterocycles. The second-order valence-corrected chi connectivity index (χ2v) is 5.99. The lowest BCUT2D eigenvalue weighted by Gasteiger charge is -2.19. The lowest BCUT2D eigenvalue weighted by atomic mass is 9.92. The Kier molecular flexibility index (Phi) is 6.13. The van der Waals surface area contributed by atoms with E-state index in [-0.39, 0.29) is 12.4 Å². The molecule has 3 rings (SSSR count). The van der Waals surface area contributed by atoms with Crippen molar-refractivity contribution in [2.75, 3.05) is 13.1 Å². The highest BCUT2D eigenvalue weighted by molar-refractivity contribution is 6.50. The lowest BCUT2D eigenvalue weighted by molar-refractivity contribution is 0.302. The minimum Gasteiger partial charge on any atom is -0.297 e. The highest BCUT2D eigenvalue weighted by Gasteiger charge is 2.16. The monoisotopic (exact) mass is 324 g/mol. The summed E-state index contributed by atoms with van der Waals surface area (Å²) in [5, 5.41) is 7.74. The van der Waals surface area contributed by atoms with Crippen molar-refractivity contribution in [1.29, 1.82) is 0 Å². The first kappa shape index (κ1) is 16.4. The summed E-state index contributed by atoms with van der Waals surface area (Å²) in [4.78, 5) is 0. The van der Waals surface area contributed by atoms with Crippen molar-refractivity contribution in [2.45, 2.75) is 38.5 Å². The minimum atomic E-state index is 0. The van der Waals surface area contributed by atoms with E-state index in [2.05, 4.69) is 34.4 Å². The number of nitrogens with zero attached hydrogens (tertiary/aromatic N) is 2. The first-order valence-corrected chi connectivity index (χ1v) is 7.98. The molecule has 0 bridgehead atoms. The molecular formula is C17H22Cl2N2. The van der Waals surface area contributed by atoms with Crippen LogP contribution >= 0.6 is 24.0 Å². The average Bonchev–Trinajstić information content (AvgIpc) is 2.76. The molecule has 1 heterocycles. The van der Waals surface area contributed by atoms with Gasteiger partial charge in [0.2, 0.25) is 0 Å². The van der Waals surface area contributed by atoms with E-state index in [1.807, 2.05) is 6.21 Å². The Morgan fingerprint density at radius 2 is 1.71 bits per heavy atom. The molecule has 2 nitrogen and oxygen atoms in total. The van der Waals surface area contributed by atoms with Crippen molar-refractivity contribution in [2.24, 2.45) is 5.10 Å². The van der Waals surface area contributed by atoms with Crippen molar-refractivity contribution in [3.05, 3.63) is 41.0 Å². The van der Waals surface area contributed by atoms with E-state index in [0.29, 0.717) is 0 Å². The summed E-state index contributed by atoms with van der Waals surface area (Å²) >= 11 is 6.53. The van der Waals surface area contributed by atoms with Crippen molar-refractivity contribution < 1.29 is 0 Å². The normalized spacial score (nSPS) is 19.2. The van der Waals surface area contributed by atoms with Crippen LogP contribution in [0.3, 0.4) is 0 Å². The van der Waals surface area contributed by atoms with Gasteiger partial charge in [-0.2, -0.15) is 5.10 Å².